The van der Waals surface area contributed by atoms with Crippen molar-refractivity contribution in [3.63, 3.8) is 0 Å². The van der Waals surface area contributed by atoms with Crippen LogP contribution in [0.25, 0.3) is 0 Å². The van der Waals surface area contributed by atoms with E-state index in [1.807, 2.05) is 0 Å². The number of carbonyl (C=O) groups excluding carboxylic acids is 1. The molecule has 1 rings (SSSR count). The summed E-state index contributed by atoms with van der Waals surface area (Å²) in [4.78, 5) is 14.4. The van der Waals surface area contributed by atoms with Gasteiger partial charge in [-0.15, -0.1) is 0 Å². The molecule has 3 heteroatoms. The molecule has 1 aliphatic rings. The molecule has 1 aliphatic heterocycles. The molecule has 0 aliphatic carbocycles. The molecule has 0 aromatic carbocycles. The van der Waals surface area contributed by atoms with E-state index in [2.05, 4.69) is 24.1 Å². The summed E-state index contributed by atoms with van der Waals surface area (Å²) in [5.74, 6) is 0.494. The van der Waals surface area contributed by atoms with Gasteiger partial charge in [0.05, 0.1) is 0 Å². The van der Waals surface area contributed by atoms with Crippen molar-refractivity contribution < 1.29 is 4.79 Å². The Bertz CT molecular complexity index is 212. The molecule has 3 nitrogen and oxygen atoms in total. The first-order chi connectivity index (χ1) is 8.27. The van der Waals surface area contributed by atoms with Crippen LogP contribution in [0.15, 0.2) is 0 Å². The molecule has 1 amide bonds. The minimum atomic E-state index is 0.230. The number of nitrogens with zero attached hydrogens (tertiary/aromatic N) is 1. The van der Waals surface area contributed by atoms with E-state index in [4.69, 9.17) is 0 Å². The van der Waals surface area contributed by atoms with Crippen molar-refractivity contribution in [1.82, 2.24) is 10.2 Å². The predicted molar refractivity (Wildman–Crippen MR) is 72.0 cm³/mol. The van der Waals surface area contributed by atoms with Crippen LogP contribution in [-0.2, 0) is 4.79 Å². The van der Waals surface area contributed by atoms with Crippen molar-refractivity contribution in [2.24, 2.45) is 5.92 Å². The highest BCUT2D eigenvalue weighted by molar-refractivity contribution is 5.78. The third-order valence-electron chi connectivity index (χ3n) is 3.70. The molecular formula is C14H28N2O. The van der Waals surface area contributed by atoms with Gasteiger partial charge in [0, 0.05) is 19.0 Å². The average Bonchev–Trinajstić information content (AvgIpc) is 2.83. The van der Waals surface area contributed by atoms with Crippen LogP contribution < -0.4 is 5.32 Å². The van der Waals surface area contributed by atoms with Gasteiger partial charge in [-0.05, 0) is 38.8 Å². The first kappa shape index (κ1) is 14.5. The average molecular weight is 240 g/mol. The quantitative estimate of drug-likeness (QED) is 0.706. The number of likely N-dealkylation sites (tertiary alicyclic amines) is 1. The van der Waals surface area contributed by atoms with Crippen LogP contribution in [-0.4, -0.2) is 37.0 Å². The highest BCUT2D eigenvalue weighted by Crippen LogP contribution is 2.12. The van der Waals surface area contributed by atoms with Gasteiger partial charge in [0.1, 0.15) is 0 Å². The molecule has 0 spiro atoms. The topological polar surface area (TPSA) is 32.3 Å². The molecule has 17 heavy (non-hydrogen) atoms. The summed E-state index contributed by atoms with van der Waals surface area (Å²) >= 11 is 0. The second kappa shape index (κ2) is 8.51. The normalized spacial score (nSPS) is 18.2. The first-order valence-electron chi connectivity index (χ1n) is 7.28. The lowest BCUT2D eigenvalue weighted by atomic mass is 9.98. The van der Waals surface area contributed by atoms with Gasteiger partial charge in [0.25, 0.3) is 0 Å². The van der Waals surface area contributed by atoms with Crippen molar-refractivity contribution in [2.45, 2.75) is 52.4 Å². The second-order valence-electron chi connectivity index (χ2n) is 5.09. The van der Waals surface area contributed by atoms with Crippen LogP contribution in [0.4, 0.5) is 0 Å². The van der Waals surface area contributed by atoms with E-state index in [1.165, 1.54) is 32.4 Å². The Morgan fingerprint density at radius 2 is 2.00 bits per heavy atom. The molecule has 0 saturated carbocycles. The number of unbranched alkanes of at least 4 members (excludes halogenated alkanes) is 1. The van der Waals surface area contributed by atoms with Crippen molar-refractivity contribution in [1.29, 1.82) is 0 Å². The molecule has 1 fully saturated rings. The third-order valence-corrected chi connectivity index (χ3v) is 3.70. The van der Waals surface area contributed by atoms with Crippen LogP contribution in [0, 0.1) is 5.92 Å². The summed E-state index contributed by atoms with van der Waals surface area (Å²) in [6.07, 6.45) is 7.00. The fraction of sp³-hybridized carbons (Fsp3) is 0.929. The monoisotopic (exact) mass is 240 g/mol. The van der Waals surface area contributed by atoms with E-state index >= 15 is 0 Å². The number of nitrogens with one attached hydrogen (secondary N) is 1. The zero-order chi connectivity index (χ0) is 12.5. The number of rotatable bonds is 8. The summed E-state index contributed by atoms with van der Waals surface area (Å²) < 4.78 is 0. The molecule has 0 unspecified atom stereocenters. The Morgan fingerprint density at radius 3 is 2.59 bits per heavy atom. The Balaban J connectivity index is 2.12. The summed E-state index contributed by atoms with van der Waals surface area (Å²) in [6, 6.07) is 0. The highest BCUT2D eigenvalue weighted by Gasteiger charge is 2.16. The fourth-order valence-electron chi connectivity index (χ4n) is 2.46. The largest absolute Gasteiger partial charge is 0.355 e. The van der Waals surface area contributed by atoms with Crippen LogP contribution in [0.3, 0.4) is 0 Å². The van der Waals surface area contributed by atoms with Gasteiger partial charge >= 0.3 is 0 Å². The van der Waals surface area contributed by atoms with E-state index in [-0.39, 0.29) is 11.8 Å². The Kier molecular flexibility index (Phi) is 7.25. The van der Waals surface area contributed by atoms with Crippen molar-refractivity contribution in [3.8, 4) is 0 Å². The molecule has 1 heterocycles. The zero-order valence-electron chi connectivity index (χ0n) is 11.5. The van der Waals surface area contributed by atoms with Gasteiger partial charge in [-0.1, -0.05) is 26.7 Å². The fourth-order valence-corrected chi connectivity index (χ4v) is 2.46. The second-order valence-corrected chi connectivity index (χ2v) is 5.09. The number of carbonyl (C=O) groups is 1. The minimum absolute atomic E-state index is 0.230. The Hall–Kier alpha value is -0.570. The van der Waals surface area contributed by atoms with Crippen LogP contribution in [0.1, 0.15) is 52.4 Å². The van der Waals surface area contributed by atoms with Crippen molar-refractivity contribution in [3.05, 3.63) is 0 Å². The molecule has 0 aromatic heterocycles. The number of hydrogen-bond acceptors (Lipinski definition) is 2. The van der Waals surface area contributed by atoms with Gasteiger partial charge in [-0.3, -0.25) is 4.79 Å². The van der Waals surface area contributed by atoms with E-state index in [9.17, 15) is 4.79 Å². The van der Waals surface area contributed by atoms with Gasteiger partial charge in [0.2, 0.25) is 5.91 Å². The standard InChI is InChI=1S/C14H28N2O/c1-3-5-8-13(4-2)14(17)15-9-12-16-10-6-7-11-16/h13H,3-12H2,1-2H3,(H,15,17)/t13-/m0/s1. The number of hydrogen-bond donors (Lipinski definition) is 1. The summed E-state index contributed by atoms with van der Waals surface area (Å²) in [6.45, 7) is 8.56. The summed E-state index contributed by atoms with van der Waals surface area (Å²) in [7, 11) is 0. The highest BCUT2D eigenvalue weighted by atomic mass is 16.1. The van der Waals surface area contributed by atoms with Gasteiger partial charge in [0.15, 0.2) is 0 Å². The minimum Gasteiger partial charge on any atom is -0.355 e. The molecule has 0 aromatic rings. The smallest absolute Gasteiger partial charge is 0.223 e. The first-order valence-corrected chi connectivity index (χ1v) is 7.28. The summed E-state index contributed by atoms with van der Waals surface area (Å²) in [5.41, 5.74) is 0. The molecule has 0 bridgehead atoms. The Labute approximate surface area is 106 Å². The molecule has 100 valence electrons. The summed E-state index contributed by atoms with van der Waals surface area (Å²) in [5, 5.41) is 3.09. The lowest BCUT2D eigenvalue weighted by Crippen LogP contribution is -2.36. The van der Waals surface area contributed by atoms with E-state index in [0.29, 0.717) is 0 Å². The molecule has 1 atom stereocenters. The maximum absolute atomic E-state index is 11.9. The lowest BCUT2D eigenvalue weighted by Gasteiger charge is -2.17. The molecule has 1 saturated heterocycles. The van der Waals surface area contributed by atoms with Crippen molar-refractivity contribution >= 4 is 5.91 Å². The van der Waals surface area contributed by atoms with Crippen LogP contribution in [0.5, 0.6) is 0 Å². The van der Waals surface area contributed by atoms with Gasteiger partial charge in [-0.25, -0.2) is 0 Å². The maximum atomic E-state index is 11.9. The van der Waals surface area contributed by atoms with E-state index in [1.54, 1.807) is 0 Å². The van der Waals surface area contributed by atoms with Gasteiger partial charge in [-0.2, -0.15) is 0 Å². The SMILES string of the molecule is CCCC[C@H](CC)C(=O)NCCN1CCCC1. The molecule has 1 N–H and O–H groups in total. The van der Waals surface area contributed by atoms with E-state index in [0.717, 1.165) is 32.4 Å². The lowest BCUT2D eigenvalue weighted by molar-refractivity contribution is -0.125. The third kappa shape index (κ3) is 5.53. The van der Waals surface area contributed by atoms with E-state index < -0.39 is 0 Å². The maximum Gasteiger partial charge on any atom is 0.223 e. The van der Waals surface area contributed by atoms with Crippen LogP contribution >= 0.6 is 0 Å². The Morgan fingerprint density at radius 1 is 1.29 bits per heavy atom. The zero-order valence-corrected chi connectivity index (χ0v) is 11.5. The molecule has 0 radical (unpaired) electrons. The molecular weight excluding hydrogens is 212 g/mol. The van der Waals surface area contributed by atoms with Gasteiger partial charge < -0.3 is 10.2 Å². The van der Waals surface area contributed by atoms with Crippen molar-refractivity contribution in [2.75, 3.05) is 26.2 Å². The predicted octanol–water partition coefficient (Wildman–Crippen LogP) is 2.41. The number of amides is 1. The van der Waals surface area contributed by atoms with Crippen LogP contribution in [0.2, 0.25) is 0 Å².